The molecule has 0 aliphatic rings. The van der Waals surface area contributed by atoms with Crippen molar-refractivity contribution in [3.05, 3.63) is 72.3 Å². The smallest absolute Gasteiger partial charge is 0.305 e. The van der Waals surface area contributed by atoms with Crippen molar-refractivity contribution in [2.45, 2.75) is 26.4 Å². The Kier molecular flexibility index (Phi) is 6.82. The molecular formula is C26H27N3O3. The number of benzene rings is 3. The lowest BCUT2D eigenvalue weighted by Crippen LogP contribution is -2.08. The molecule has 32 heavy (non-hydrogen) atoms. The molecule has 0 bridgehead atoms. The molecular weight excluding hydrogens is 402 g/mol. The van der Waals surface area contributed by atoms with Crippen LogP contribution in [0.4, 0.5) is 17.1 Å². The minimum absolute atomic E-state index is 0.0646. The number of fused-ring (bicyclic) bond motifs is 2. The first-order valence-electron chi connectivity index (χ1n) is 10.9. The van der Waals surface area contributed by atoms with Crippen LogP contribution in [-0.4, -0.2) is 29.2 Å². The van der Waals surface area contributed by atoms with Crippen LogP contribution in [0.25, 0.3) is 21.8 Å². The molecule has 0 atom stereocenters. The number of esters is 1. The van der Waals surface area contributed by atoms with Crippen molar-refractivity contribution in [2.75, 3.05) is 23.8 Å². The number of hydrogen-bond donors (Lipinski definition) is 3. The number of carbonyl (C=O) groups excluding carboxylic acids is 1. The van der Waals surface area contributed by atoms with Crippen LogP contribution in [0, 0.1) is 0 Å². The highest BCUT2D eigenvalue weighted by atomic mass is 16.5. The predicted molar refractivity (Wildman–Crippen MR) is 129 cm³/mol. The summed E-state index contributed by atoms with van der Waals surface area (Å²) >= 11 is 0. The number of ether oxygens (including phenoxy) is 1. The number of aromatic nitrogens is 1. The third-order valence-electron chi connectivity index (χ3n) is 5.22. The first-order valence-corrected chi connectivity index (χ1v) is 10.9. The van der Waals surface area contributed by atoms with Crippen molar-refractivity contribution in [3.63, 3.8) is 0 Å². The van der Waals surface area contributed by atoms with Crippen molar-refractivity contribution in [1.82, 2.24) is 4.98 Å². The molecule has 4 rings (SSSR count). The highest BCUT2D eigenvalue weighted by molar-refractivity contribution is 6.08. The van der Waals surface area contributed by atoms with E-state index in [0.29, 0.717) is 26.0 Å². The molecule has 1 aromatic heterocycles. The first-order chi connectivity index (χ1) is 15.7. The summed E-state index contributed by atoms with van der Waals surface area (Å²) in [7, 11) is 0. The van der Waals surface area contributed by atoms with Gasteiger partial charge in [-0.2, -0.15) is 0 Å². The Labute approximate surface area is 187 Å². The minimum atomic E-state index is -0.183. The second-order valence-corrected chi connectivity index (χ2v) is 7.56. The largest absolute Gasteiger partial charge is 0.466 e. The topological polar surface area (TPSA) is 83.5 Å². The van der Waals surface area contributed by atoms with Gasteiger partial charge in [-0.05, 0) is 49.2 Å². The Morgan fingerprint density at radius 1 is 0.969 bits per heavy atom. The Bertz CT molecular complexity index is 1190. The second-order valence-electron chi connectivity index (χ2n) is 7.56. The number of hydrogen-bond acceptors (Lipinski definition) is 6. The van der Waals surface area contributed by atoms with Gasteiger partial charge in [0.05, 0.1) is 29.9 Å². The summed E-state index contributed by atoms with van der Waals surface area (Å²) in [4.78, 5) is 16.3. The van der Waals surface area contributed by atoms with E-state index in [1.807, 2.05) is 54.6 Å². The summed E-state index contributed by atoms with van der Waals surface area (Å²) in [5.41, 5.74) is 5.37. The zero-order chi connectivity index (χ0) is 22.3. The van der Waals surface area contributed by atoms with Gasteiger partial charge in [-0.15, -0.1) is 0 Å². The molecule has 0 aliphatic carbocycles. The maximum Gasteiger partial charge on any atom is 0.305 e. The van der Waals surface area contributed by atoms with E-state index >= 15 is 0 Å². The van der Waals surface area contributed by atoms with Crippen LogP contribution in [-0.2, 0) is 16.1 Å². The Balaban J connectivity index is 1.61. The lowest BCUT2D eigenvalue weighted by atomic mass is 10.1. The normalized spacial score (nSPS) is 10.9. The van der Waals surface area contributed by atoms with Gasteiger partial charge in [0.15, 0.2) is 0 Å². The number of aliphatic hydroxyl groups excluding tert-OH is 1. The number of pyridine rings is 1. The molecule has 0 aliphatic heterocycles. The summed E-state index contributed by atoms with van der Waals surface area (Å²) in [6, 6.07) is 22.0. The molecule has 4 aromatic rings. The molecule has 0 radical (unpaired) electrons. The van der Waals surface area contributed by atoms with Crippen LogP contribution in [0.5, 0.6) is 0 Å². The molecule has 6 heteroatoms. The molecule has 164 valence electrons. The van der Waals surface area contributed by atoms with Crippen LogP contribution in [0.2, 0.25) is 0 Å². The van der Waals surface area contributed by atoms with Gasteiger partial charge >= 0.3 is 5.97 Å². The van der Waals surface area contributed by atoms with E-state index in [1.54, 1.807) is 6.92 Å². The fourth-order valence-electron chi connectivity index (χ4n) is 3.78. The summed E-state index contributed by atoms with van der Waals surface area (Å²) in [6.07, 6.45) is 1.05. The van der Waals surface area contributed by atoms with Gasteiger partial charge in [0, 0.05) is 35.1 Å². The molecule has 0 spiro atoms. The van der Waals surface area contributed by atoms with Crippen molar-refractivity contribution in [3.8, 4) is 0 Å². The molecule has 1 heterocycles. The van der Waals surface area contributed by atoms with Gasteiger partial charge in [0.25, 0.3) is 0 Å². The Morgan fingerprint density at radius 3 is 2.28 bits per heavy atom. The summed E-state index contributed by atoms with van der Waals surface area (Å²) < 4.78 is 4.97. The molecule has 3 N–H and O–H groups in total. The number of nitrogens with zero attached hydrogens (tertiary/aromatic N) is 1. The molecule has 0 saturated carbocycles. The van der Waals surface area contributed by atoms with Crippen molar-refractivity contribution < 1.29 is 14.6 Å². The fourth-order valence-corrected chi connectivity index (χ4v) is 3.78. The third kappa shape index (κ3) is 4.98. The van der Waals surface area contributed by atoms with Crippen molar-refractivity contribution in [1.29, 1.82) is 0 Å². The monoisotopic (exact) mass is 429 g/mol. The SMILES string of the molecule is CCOC(=O)CCCNc1cc(CO)cc(Nc2c3ccccc3nc3ccccc23)c1. The maximum absolute atomic E-state index is 11.5. The minimum Gasteiger partial charge on any atom is -0.466 e. The number of para-hydroxylation sites is 2. The van der Waals surface area contributed by atoms with Crippen LogP contribution < -0.4 is 10.6 Å². The standard InChI is InChI=1S/C26H27N3O3/c1-2-32-25(31)12-7-13-27-19-14-18(17-30)15-20(16-19)28-26-21-8-3-5-10-23(21)29-24-11-6-4-9-22(24)26/h3-6,8-11,14-16,27,30H,2,7,12-13,17H2,1H3,(H,28,29). The second kappa shape index (κ2) is 10.1. The molecule has 6 nitrogen and oxygen atoms in total. The predicted octanol–water partition coefficient (Wildman–Crippen LogP) is 5.38. The lowest BCUT2D eigenvalue weighted by Gasteiger charge is -2.16. The number of anilines is 3. The zero-order valence-electron chi connectivity index (χ0n) is 18.1. The van der Waals surface area contributed by atoms with Crippen molar-refractivity contribution in [2.24, 2.45) is 0 Å². The third-order valence-corrected chi connectivity index (χ3v) is 5.22. The van der Waals surface area contributed by atoms with Gasteiger partial charge in [0.1, 0.15) is 0 Å². The Hall–Kier alpha value is -3.64. The van der Waals surface area contributed by atoms with Crippen LogP contribution >= 0.6 is 0 Å². The first kappa shape index (κ1) is 21.6. The van der Waals surface area contributed by atoms with E-state index in [0.717, 1.165) is 44.4 Å². The zero-order valence-corrected chi connectivity index (χ0v) is 18.1. The summed E-state index contributed by atoms with van der Waals surface area (Å²) in [5, 5.41) is 18.7. The van der Waals surface area contributed by atoms with Gasteiger partial charge in [-0.25, -0.2) is 4.98 Å². The van der Waals surface area contributed by atoms with Gasteiger partial charge < -0.3 is 20.5 Å². The van der Waals surface area contributed by atoms with Gasteiger partial charge in [-0.3, -0.25) is 4.79 Å². The molecule has 0 fully saturated rings. The lowest BCUT2D eigenvalue weighted by molar-refractivity contribution is -0.143. The van der Waals surface area contributed by atoms with Crippen LogP contribution in [0.1, 0.15) is 25.3 Å². The molecule has 0 saturated heterocycles. The van der Waals surface area contributed by atoms with Crippen LogP contribution in [0.15, 0.2) is 66.7 Å². The number of aliphatic hydroxyl groups is 1. The van der Waals surface area contributed by atoms with Crippen LogP contribution in [0.3, 0.4) is 0 Å². The number of carbonyl (C=O) groups is 1. The highest BCUT2D eigenvalue weighted by Crippen LogP contribution is 2.34. The van der Waals surface area contributed by atoms with Gasteiger partial charge in [-0.1, -0.05) is 36.4 Å². The van der Waals surface area contributed by atoms with E-state index in [1.165, 1.54) is 0 Å². The average Bonchev–Trinajstić information content (AvgIpc) is 2.82. The number of nitrogens with one attached hydrogen (secondary N) is 2. The highest BCUT2D eigenvalue weighted by Gasteiger charge is 2.10. The van der Waals surface area contributed by atoms with Gasteiger partial charge in [0.2, 0.25) is 0 Å². The quantitative estimate of drug-likeness (QED) is 0.188. The molecule has 0 amide bonds. The Morgan fingerprint density at radius 2 is 1.62 bits per heavy atom. The van der Waals surface area contributed by atoms with E-state index in [-0.39, 0.29) is 12.6 Å². The van der Waals surface area contributed by atoms with E-state index < -0.39 is 0 Å². The maximum atomic E-state index is 11.5. The molecule has 3 aromatic carbocycles. The fraction of sp³-hybridized carbons (Fsp3) is 0.231. The number of rotatable bonds is 9. The molecule has 0 unspecified atom stereocenters. The average molecular weight is 430 g/mol. The summed E-state index contributed by atoms with van der Waals surface area (Å²) in [6.45, 7) is 2.78. The van der Waals surface area contributed by atoms with Crippen molar-refractivity contribution >= 4 is 44.8 Å². The summed E-state index contributed by atoms with van der Waals surface area (Å²) in [5.74, 6) is -0.183. The van der Waals surface area contributed by atoms with E-state index in [4.69, 9.17) is 9.72 Å². The van der Waals surface area contributed by atoms with E-state index in [9.17, 15) is 9.90 Å². The van der Waals surface area contributed by atoms with E-state index in [2.05, 4.69) is 22.8 Å².